The van der Waals surface area contributed by atoms with Gasteiger partial charge in [0.05, 0.1) is 6.42 Å². The molecule has 5 heteroatoms. The topological polar surface area (TPSA) is 69.6 Å². The molecule has 1 saturated heterocycles. The Balaban J connectivity index is 1.88. The molecular formula is C16H28N2O3. The van der Waals surface area contributed by atoms with E-state index in [2.05, 4.69) is 5.32 Å². The number of carboxylic acids is 1. The monoisotopic (exact) mass is 296 g/mol. The van der Waals surface area contributed by atoms with Gasteiger partial charge < -0.3 is 15.3 Å². The lowest BCUT2D eigenvalue weighted by molar-refractivity contribution is -0.140. The quantitative estimate of drug-likeness (QED) is 0.838. The molecule has 1 saturated carbocycles. The van der Waals surface area contributed by atoms with Crippen molar-refractivity contribution in [3.8, 4) is 0 Å². The SMILES string of the molecule is O=C(O)CC1(CNC(=O)N2CCCCCC2)CCCCC1. The molecule has 0 radical (unpaired) electrons. The summed E-state index contributed by atoms with van der Waals surface area (Å²) < 4.78 is 0. The van der Waals surface area contributed by atoms with Crippen molar-refractivity contribution in [3.05, 3.63) is 0 Å². The number of carboxylic acid groups (broad SMARTS) is 1. The number of aliphatic carboxylic acids is 1. The lowest BCUT2D eigenvalue weighted by Gasteiger charge is -2.36. The van der Waals surface area contributed by atoms with Crippen LogP contribution in [0.5, 0.6) is 0 Å². The maximum Gasteiger partial charge on any atom is 0.317 e. The highest BCUT2D eigenvalue weighted by atomic mass is 16.4. The van der Waals surface area contributed by atoms with Crippen molar-refractivity contribution in [3.63, 3.8) is 0 Å². The Hall–Kier alpha value is -1.26. The summed E-state index contributed by atoms with van der Waals surface area (Å²) in [4.78, 5) is 25.3. The van der Waals surface area contributed by atoms with E-state index in [1.807, 2.05) is 4.90 Å². The average Bonchev–Trinajstić information content (AvgIpc) is 2.74. The van der Waals surface area contributed by atoms with Crippen LogP contribution < -0.4 is 5.32 Å². The van der Waals surface area contributed by atoms with Gasteiger partial charge in [-0.1, -0.05) is 32.1 Å². The van der Waals surface area contributed by atoms with Gasteiger partial charge in [0.2, 0.25) is 0 Å². The molecule has 0 unspecified atom stereocenters. The normalized spacial score (nSPS) is 22.4. The Morgan fingerprint density at radius 1 is 0.952 bits per heavy atom. The zero-order valence-electron chi connectivity index (χ0n) is 12.9. The fourth-order valence-electron chi connectivity index (χ4n) is 3.69. The standard InChI is InChI=1S/C16H28N2O3/c19-14(20)12-16(8-4-3-5-9-16)13-17-15(21)18-10-6-1-2-7-11-18/h1-13H2,(H,17,21)(H,19,20). The number of nitrogens with one attached hydrogen (secondary N) is 1. The van der Waals surface area contributed by atoms with Crippen molar-refractivity contribution in [1.29, 1.82) is 0 Å². The van der Waals surface area contributed by atoms with Crippen molar-refractivity contribution < 1.29 is 14.7 Å². The minimum absolute atomic E-state index is 0.00719. The number of urea groups is 1. The molecule has 0 aromatic heterocycles. The highest BCUT2D eigenvalue weighted by Gasteiger charge is 2.35. The highest BCUT2D eigenvalue weighted by molar-refractivity contribution is 5.74. The van der Waals surface area contributed by atoms with Crippen LogP contribution in [0.2, 0.25) is 0 Å². The van der Waals surface area contributed by atoms with Gasteiger partial charge in [-0.25, -0.2) is 4.79 Å². The van der Waals surface area contributed by atoms with Crippen molar-refractivity contribution in [1.82, 2.24) is 10.2 Å². The maximum absolute atomic E-state index is 12.3. The summed E-state index contributed by atoms with van der Waals surface area (Å²) in [6.07, 6.45) is 9.90. The highest BCUT2D eigenvalue weighted by Crippen LogP contribution is 2.38. The largest absolute Gasteiger partial charge is 0.481 e. The summed E-state index contributed by atoms with van der Waals surface area (Å²) >= 11 is 0. The van der Waals surface area contributed by atoms with E-state index in [-0.39, 0.29) is 17.9 Å². The van der Waals surface area contributed by atoms with Crippen LogP contribution in [0.25, 0.3) is 0 Å². The molecule has 2 aliphatic rings. The maximum atomic E-state index is 12.3. The summed E-state index contributed by atoms with van der Waals surface area (Å²) in [6.45, 7) is 2.17. The van der Waals surface area contributed by atoms with Crippen molar-refractivity contribution in [2.24, 2.45) is 5.41 Å². The van der Waals surface area contributed by atoms with Crippen LogP contribution in [0.4, 0.5) is 4.79 Å². The van der Waals surface area contributed by atoms with E-state index in [9.17, 15) is 9.59 Å². The molecule has 1 aliphatic heterocycles. The first-order valence-corrected chi connectivity index (χ1v) is 8.36. The molecule has 120 valence electrons. The van der Waals surface area contributed by atoms with E-state index in [4.69, 9.17) is 5.11 Å². The third-order valence-electron chi connectivity index (χ3n) is 4.95. The van der Waals surface area contributed by atoms with Crippen LogP contribution in [0.1, 0.15) is 64.2 Å². The fourth-order valence-corrected chi connectivity index (χ4v) is 3.69. The third kappa shape index (κ3) is 4.90. The first kappa shape index (κ1) is 16.1. The number of hydrogen-bond donors (Lipinski definition) is 2. The van der Waals surface area contributed by atoms with Gasteiger partial charge in [-0.05, 0) is 31.1 Å². The first-order valence-electron chi connectivity index (χ1n) is 8.36. The molecule has 2 amide bonds. The Bertz CT molecular complexity index is 357. The number of carbonyl (C=O) groups excluding carboxylic acids is 1. The lowest BCUT2D eigenvalue weighted by atomic mass is 9.72. The van der Waals surface area contributed by atoms with Gasteiger partial charge in [-0.3, -0.25) is 4.79 Å². The molecule has 0 aromatic rings. The predicted molar refractivity (Wildman–Crippen MR) is 81.2 cm³/mol. The second kappa shape index (κ2) is 7.66. The molecular weight excluding hydrogens is 268 g/mol. The summed E-state index contributed by atoms with van der Waals surface area (Å²) in [5.74, 6) is -0.749. The Labute approximate surface area is 127 Å². The van der Waals surface area contributed by atoms with Crippen LogP contribution in [-0.4, -0.2) is 41.6 Å². The second-order valence-electron chi connectivity index (χ2n) is 6.69. The van der Waals surface area contributed by atoms with Gasteiger partial charge in [0.25, 0.3) is 0 Å². The molecule has 0 aromatic carbocycles. The summed E-state index contributed by atoms with van der Waals surface area (Å²) in [6, 6.07) is -0.00719. The number of nitrogens with zero attached hydrogens (tertiary/aromatic N) is 1. The summed E-state index contributed by atoms with van der Waals surface area (Å²) in [5.41, 5.74) is -0.231. The second-order valence-corrected chi connectivity index (χ2v) is 6.69. The minimum atomic E-state index is -0.749. The van der Waals surface area contributed by atoms with Crippen LogP contribution in [0, 0.1) is 5.41 Å². The van der Waals surface area contributed by atoms with E-state index in [1.165, 1.54) is 19.3 Å². The van der Waals surface area contributed by atoms with Gasteiger partial charge in [-0.2, -0.15) is 0 Å². The first-order chi connectivity index (χ1) is 10.1. The summed E-state index contributed by atoms with van der Waals surface area (Å²) in [7, 11) is 0. The molecule has 0 atom stereocenters. The Kier molecular flexibility index (Phi) is 5.88. The van der Waals surface area contributed by atoms with E-state index >= 15 is 0 Å². The Morgan fingerprint density at radius 3 is 2.10 bits per heavy atom. The fraction of sp³-hybridized carbons (Fsp3) is 0.875. The number of likely N-dealkylation sites (tertiary alicyclic amines) is 1. The van der Waals surface area contributed by atoms with Gasteiger partial charge in [-0.15, -0.1) is 0 Å². The molecule has 2 fully saturated rings. The predicted octanol–water partition coefficient (Wildman–Crippen LogP) is 3.00. The van der Waals surface area contributed by atoms with Crippen LogP contribution >= 0.6 is 0 Å². The van der Waals surface area contributed by atoms with Crippen LogP contribution in [-0.2, 0) is 4.79 Å². The van der Waals surface area contributed by atoms with Crippen LogP contribution in [0.15, 0.2) is 0 Å². The molecule has 0 bridgehead atoms. The molecule has 0 spiro atoms. The van der Waals surface area contributed by atoms with Crippen LogP contribution in [0.3, 0.4) is 0 Å². The Morgan fingerprint density at radius 2 is 1.52 bits per heavy atom. The average molecular weight is 296 g/mol. The van der Waals surface area contributed by atoms with E-state index in [1.54, 1.807) is 0 Å². The zero-order valence-corrected chi connectivity index (χ0v) is 12.9. The molecule has 2 N–H and O–H groups in total. The number of hydrogen-bond acceptors (Lipinski definition) is 2. The smallest absolute Gasteiger partial charge is 0.317 e. The number of rotatable bonds is 4. The lowest BCUT2D eigenvalue weighted by Crippen LogP contribution is -2.46. The van der Waals surface area contributed by atoms with Crippen molar-refractivity contribution in [2.75, 3.05) is 19.6 Å². The molecule has 1 heterocycles. The zero-order chi connectivity index (χ0) is 15.1. The van der Waals surface area contributed by atoms with Gasteiger partial charge in [0, 0.05) is 19.6 Å². The molecule has 5 nitrogen and oxygen atoms in total. The van der Waals surface area contributed by atoms with E-state index < -0.39 is 5.97 Å². The van der Waals surface area contributed by atoms with E-state index in [0.717, 1.165) is 51.6 Å². The molecule has 2 rings (SSSR count). The minimum Gasteiger partial charge on any atom is -0.481 e. The summed E-state index contributed by atoms with van der Waals surface area (Å²) in [5, 5.41) is 12.2. The van der Waals surface area contributed by atoms with Gasteiger partial charge in [0.15, 0.2) is 0 Å². The van der Waals surface area contributed by atoms with Crippen molar-refractivity contribution in [2.45, 2.75) is 64.2 Å². The molecule has 1 aliphatic carbocycles. The number of carbonyl (C=O) groups is 2. The van der Waals surface area contributed by atoms with Gasteiger partial charge in [0.1, 0.15) is 0 Å². The molecule has 21 heavy (non-hydrogen) atoms. The number of amides is 2. The third-order valence-corrected chi connectivity index (χ3v) is 4.95. The van der Waals surface area contributed by atoms with Gasteiger partial charge >= 0.3 is 12.0 Å². The van der Waals surface area contributed by atoms with E-state index in [0.29, 0.717) is 6.54 Å². The van der Waals surface area contributed by atoms with Crippen molar-refractivity contribution >= 4 is 12.0 Å².